The van der Waals surface area contributed by atoms with Gasteiger partial charge in [0, 0.05) is 19.3 Å². The second-order valence-electron chi connectivity index (χ2n) is 4.62. The summed E-state index contributed by atoms with van der Waals surface area (Å²) in [5.74, 6) is -0.478. The number of esters is 1. The van der Waals surface area contributed by atoms with Crippen LogP contribution in [-0.4, -0.2) is 38.4 Å². The van der Waals surface area contributed by atoms with E-state index in [1.54, 1.807) is 24.0 Å². The Kier molecular flexibility index (Phi) is 5.02. The van der Waals surface area contributed by atoms with Gasteiger partial charge in [-0.05, 0) is 18.2 Å². The third kappa shape index (κ3) is 3.69. The van der Waals surface area contributed by atoms with Crippen molar-refractivity contribution in [2.45, 2.75) is 11.4 Å². The zero-order chi connectivity index (χ0) is 17.0. The van der Waals surface area contributed by atoms with Gasteiger partial charge < -0.3 is 9.47 Å². The maximum absolute atomic E-state index is 12.3. The molecule has 0 aliphatic rings. The predicted octanol–water partition coefficient (Wildman–Crippen LogP) is 0.694. The van der Waals surface area contributed by atoms with Crippen LogP contribution in [0.3, 0.4) is 0 Å². The second-order valence-corrected chi connectivity index (χ2v) is 6.39. The number of nitrogens with one attached hydrogen (secondary N) is 1. The number of nitrogens with zero attached hydrogens (tertiary/aromatic N) is 2. The maximum atomic E-state index is 12.3. The molecule has 0 aliphatic carbocycles. The van der Waals surface area contributed by atoms with E-state index in [0.717, 1.165) is 0 Å². The molecule has 0 spiro atoms. The van der Waals surface area contributed by atoms with Gasteiger partial charge in [-0.15, -0.1) is 0 Å². The molecule has 0 amide bonds. The number of aryl methyl sites for hydroxylation is 1. The highest BCUT2D eigenvalue weighted by Gasteiger charge is 2.19. The van der Waals surface area contributed by atoms with Gasteiger partial charge in [0.05, 0.1) is 31.4 Å². The molecule has 124 valence electrons. The Balaban J connectivity index is 2.26. The van der Waals surface area contributed by atoms with Crippen molar-refractivity contribution < 1.29 is 22.7 Å². The van der Waals surface area contributed by atoms with Gasteiger partial charge in [0.15, 0.2) is 0 Å². The van der Waals surface area contributed by atoms with E-state index < -0.39 is 16.0 Å². The number of ether oxygens (including phenoxy) is 2. The van der Waals surface area contributed by atoms with Crippen LogP contribution < -0.4 is 9.46 Å². The standard InChI is InChI=1S/C14H17N3O5S/c1-17-10(6-7-15-17)9-16-23(19,20)11-4-5-12(14(18)22-3)13(8-11)21-2/h4-8,16H,9H2,1-3H3. The molecule has 0 saturated heterocycles. The first-order chi connectivity index (χ1) is 10.9. The van der Waals surface area contributed by atoms with Gasteiger partial charge in [0.25, 0.3) is 0 Å². The molecule has 0 saturated carbocycles. The van der Waals surface area contributed by atoms with Gasteiger partial charge in [-0.2, -0.15) is 5.10 Å². The van der Waals surface area contributed by atoms with E-state index in [2.05, 4.69) is 14.6 Å². The number of hydrogen-bond acceptors (Lipinski definition) is 6. The Morgan fingerprint density at radius 2 is 2.04 bits per heavy atom. The number of aromatic nitrogens is 2. The van der Waals surface area contributed by atoms with E-state index in [1.807, 2.05) is 0 Å². The predicted molar refractivity (Wildman–Crippen MR) is 81.6 cm³/mol. The van der Waals surface area contributed by atoms with Crippen LogP contribution in [-0.2, 0) is 28.4 Å². The van der Waals surface area contributed by atoms with Crippen LogP contribution in [0.2, 0.25) is 0 Å². The molecular weight excluding hydrogens is 322 g/mol. The zero-order valence-corrected chi connectivity index (χ0v) is 13.8. The molecule has 23 heavy (non-hydrogen) atoms. The molecule has 2 rings (SSSR count). The Morgan fingerprint density at radius 3 is 2.61 bits per heavy atom. The summed E-state index contributed by atoms with van der Waals surface area (Å²) in [5.41, 5.74) is 0.868. The highest BCUT2D eigenvalue weighted by atomic mass is 32.2. The lowest BCUT2D eigenvalue weighted by Crippen LogP contribution is -2.24. The Labute approximate surface area is 134 Å². The summed E-state index contributed by atoms with van der Waals surface area (Å²) in [7, 11) is 0.548. The molecule has 1 aromatic heterocycles. The van der Waals surface area contributed by atoms with Crippen molar-refractivity contribution in [3.8, 4) is 5.75 Å². The van der Waals surface area contributed by atoms with Gasteiger partial charge in [-0.1, -0.05) is 0 Å². The molecule has 0 atom stereocenters. The molecule has 1 N–H and O–H groups in total. The Bertz CT molecular complexity index is 814. The summed E-state index contributed by atoms with van der Waals surface area (Å²) < 4.78 is 38.4. The lowest BCUT2D eigenvalue weighted by atomic mass is 10.2. The van der Waals surface area contributed by atoms with Gasteiger partial charge in [-0.3, -0.25) is 4.68 Å². The number of methoxy groups -OCH3 is 2. The Morgan fingerprint density at radius 1 is 1.30 bits per heavy atom. The number of sulfonamides is 1. The molecule has 8 nitrogen and oxygen atoms in total. The average molecular weight is 339 g/mol. The van der Waals surface area contributed by atoms with Gasteiger partial charge in [-0.25, -0.2) is 17.9 Å². The summed E-state index contributed by atoms with van der Waals surface area (Å²) in [6, 6.07) is 5.66. The van der Waals surface area contributed by atoms with Crippen LogP contribution in [0.1, 0.15) is 16.1 Å². The van der Waals surface area contributed by atoms with Crippen molar-refractivity contribution in [1.29, 1.82) is 0 Å². The van der Waals surface area contributed by atoms with Crippen LogP contribution in [0.5, 0.6) is 5.75 Å². The Hall–Kier alpha value is -2.39. The largest absolute Gasteiger partial charge is 0.496 e. The highest BCUT2D eigenvalue weighted by Crippen LogP contribution is 2.23. The SMILES string of the molecule is COC(=O)c1ccc(S(=O)(=O)NCc2ccnn2C)cc1OC. The van der Waals surface area contributed by atoms with Crippen LogP contribution in [0.15, 0.2) is 35.4 Å². The first kappa shape index (κ1) is 17.0. The quantitative estimate of drug-likeness (QED) is 0.778. The molecule has 0 fully saturated rings. The molecule has 1 aromatic carbocycles. The highest BCUT2D eigenvalue weighted by molar-refractivity contribution is 7.89. The van der Waals surface area contributed by atoms with Gasteiger partial charge in [0.1, 0.15) is 11.3 Å². The van der Waals surface area contributed by atoms with E-state index in [9.17, 15) is 13.2 Å². The van der Waals surface area contributed by atoms with Crippen molar-refractivity contribution in [2.24, 2.45) is 7.05 Å². The summed E-state index contributed by atoms with van der Waals surface area (Å²) in [5, 5.41) is 3.97. The third-order valence-corrected chi connectivity index (χ3v) is 4.65. The monoisotopic (exact) mass is 339 g/mol. The van der Waals surface area contributed by atoms with Crippen LogP contribution in [0.4, 0.5) is 0 Å². The molecule has 0 unspecified atom stereocenters. The number of carbonyl (C=O) groups excluding carboxylic acids is 1. The van der Waals surface area contributed by atoms with Crippen molar-refractivity contribution in [1.82, 2.24) is 14.5 Å². The van der Waals surface area contributed by atoms with Gasteiger partial charge in [0.2, 0.25) is 10.0 Å². The van der Waals surface area contributed by atoms with Gasteiger partial charge >= 0.3 is 5.97 Å². The lowest BCUT2D eigenvalue weighted by Gasteiger charge is -2.11. The smallest absolute Gasteiger partial charge is 0.341 e. The number of hydrogen-bond donors (Lipinski definition) is 1. The van der Waals surface area contributed by atoms with Crippen molar-refractivity contribution in [3.05, 3.63) is 41.7 Å². The molecule has 0 radical (unpaired) electrons. The molecule has 2 aromatic rings. The molecule has 0 aliphatic heterocycles. The first-order valence-corrected chi connectivity index (χ1v) is 8.10. The average Bonchev–Trinajstić information content (AvgIpc) is 2.96. The van der Waals surface area contributed by atoms with E-state index >= 15 is 0 Å². The zero-order valence-electron chi connectivity index (χ0n) is 12.9. The minimum atomic E-state index is -3.76. The topological polar surface area (TPSA) is 99.5 Å². The summed E-state index contributed by atoms with van der Waals surface area (Å²) in [6.07, 6.45) is 1.58. The van der Waals surface area contributed by atoms with Crippen molar-refractivity contribution in [2.75, 3.05) is 14.2 Å². The fourth-order valence-corrected chi connectivity index (χ4v) is 2.96. The summed E-state index contributed by atoms with van der Waals surface area (Å²) in [6.45, 7) is 0.0971. The summed E-state index contributed by atoms with van der Waals surface area (Å²) >= 11 is 0. The van der Waals surface area contributed by atoms with E-state index in [0.29, 0.717) is 5.69 Å². The minimum absolute atomic E-state index is 0.0100. The fraction of sp³-hybridized carbons (Fsp3) is 0.286. The number of carbonyl (C=O) groups is 1. The second kappa shape index (κ2) is 6.80. The van der Waals surface area contributed by atoms with Crippen molar-refractivity contribution >= 4 is 16.0 Å². The number of rotatable bonds is 6. The van der Waals surface area contributed by atoms with E-state index in [4.69, 9.17) is 4.74 Å². The van der Waals surface area contributed by atoms with Crippen LogP contribution in [0.25, 0.3) is 0 Å². The van der Waals surface area contributed by atoms with E-state index in [-0.39, 0.29) is 22.8 Å². The third-order valence-electron chi connectivity index (χ3n) is 3.25. The molecule has 0 bridgehead atoms. The number of benzene rings is 1. The van der Waals surface area contributed by atoms with E-state index in [1.165, 1.54) is 32.4 Å². The van der Waals surface area contributed by atoms with Crippen LogP contribution >= 0.6 is 0 Å². The lowest BCUT2D eigenvalue weighted by molar-refractivity contribution is 0.0597. The summed E-state index contributed by atoms with van der Waals surface area (Å²) in [4.78, 5) is 11.6. The molecule has 9 heteroatoms. The van der Waals surface area contributed by atoms with Crippen molar-refractivity contribution in [3.63, 3.8) is 0 Å². The fourth-order valence-electron chi connectivity index (χ4n) is 1.94. The normalized spacial score (nSPS) is 11.3. The first-order valence-electron chi connectivity index (χ1n) is 6.62. The molecule has 1 heterocycles. The maximum Gasteiger partial charge on any atom is 0.341 e. The van der Waals surface area contributed by atoms with Crippen LogP contribution in [0, 0.1) is 0 Å². The molecular formula is C14H17N3O5S. The minimum Gasteiger partial charge on any atom is -0.496 e.